The molecule has 1 aromatic heterocycles. The second-order valence-electron chi connectivity index (χ2n) is 4.44. The van der Waals surface area contributed by atoms with Crippen LogP contribution in [-0.4, -0.2) is 21.5 Å². The SMILES string of the molecule is CC(Cn1ccnc1)NC(=O)c1cccc(F)c1NN. The number of rotatable bonds is 5. The highest BCUT2D eigenvalue weighted by molar-refractivity contribution is 5.99. The summed E-state index contributed by atoms with van der Waals surface area (Å²) in [4.78, 5) is 16.0. The predicted molar refractivity (Wildman–Crippen MR) is 73.4 cm³/mol. The van der Waals surface area contributed by atoms with E-state index in [1.807, 2.05) is 11.5 Å². The van der Waals surface area contributed by atoms with Gasteiger partial charge in [0.15, 0.2) is 0 Å². The minimum Gasteiger partial charge on any atom is -0.348 e. The minimum absolute atomic E-state index is 0.0140. The number of amides is 1. The van der Waals surface area contributed by atoms with Gasteiger partial charge in [0.2, 0.25) is 0 Å². The number of hydrogen-bond acceptors (Lipinski definition) is 4. The second-order valence-corrected chi connectivity index (χ2v) is 4.44. The highest BCUT2D eigenvalue weighted by Gasteiger charge is 2.16. The van der Waals surface area contributed by atoms with Crippen LogP contribution in [0, 0.1) is 5.82 Å². The molecule has 20 heavy (non-hydrogen) atoms. The Bertz CT molecular complexity index is 584. The van der Waals surface area contributed by atoms with Gasteiger partial charge < -0.3 is 15.3 Å². The van der Waals surface area contributed by atoms with Crippen LogP contribution in [0.2, 0.25) is 0 Å². The Balaban J connectivity index is 2.06. The first-order valence-corrected chi connectivity index (χ1v) is 6.13. The number of nitrogen functional groups attached to an aromatic ring is 1. The van der Waals surface area contributed by atoms with Crippen LogP contribution < -0.4 is 16.6 Å². The third-order valence-electron chi connectivity index (χ3n) is 2.82. The lowest BCUT2D eigenvalue weighted by atomic mass is 10.1. The number of carbonyl (C=O) groups excluding carboxylic acids is 1. The number of para-hydroxylation sites is 1. The van der Waals surface area contributed by atoms with Crippen molar-refractivity contribution >= 4 is 11.6 Å². The van der Waals surface area contributed by atoms with Gasteiger partial charge in [-0.2, -0.15) is 0 Å². The predicted octanol–water partition coefficient (Wildman–Crippen LogP) is 1.13. The molecule has 0 fully saturated rings. The lowest BCUT2D eigenvalue weighted by Gasteiger charge is -2.16. The summed E-state index contributed by atoms with van der Waals surface area (Å²) in [6.45, 7) is 2.43. The lowest BCUT2D eigenvalue weighted by molar-refractivity contribution is 0.0937. The van der Waals surface area contributed by atoms with Crippen LogP contribution >= 0.6 is 0 Å². The summed E-state index contributed by atoms with van der Waals surface area (Å²) < 4.78 is 15.4. The average Bonchev–Trinajstić information content (AvgIpc) is 2.90. The summed E-state index contributed by atoms with van der Waals surface area (Å²) in [5, 5.41) is 2.79. The van der Waals surface area contributed by atoms with Crippen LogP contribution in [0.25, 0.3) is 0 Å². The molecule has 0 aliphatic carbocycles. The van der Waals surface area contributed by atoms with E-state index in [0.29, 0.717) is 6.54 Å². The number of hydrazine groups is 1. The molecule has 0 saturated heterocycles. The van der Waals surface area contributed by atoms with E-state index in [1.165, 1.54) is 18.2 Å². The Hall–Kier alpha value is -2.41. The van der Waals surface area contributed by atoms with Crippen molar-refractivity contribution in [2.24, 2.45) is 5.84 Å². The van der Waals surface area contributed by atoms with Gasteiger partial charge in [0.05, 0.1) is 17.6 Å². The molecule has 0 spiro atoms. The van der Waals surface area contributed by atoms with E-state index in [1.54, 1.807) is 18.7 Å². The van der Waals surface area contributed by atoms with Crippen molar-refractivity contribution < 1.29 is 9.18 Å². The smallest absolute Gasteiger partial charge is 0.253 e. The molecule has 2 rings (SSSR count). The summed E-state index contributed by atoms with van der Waals surface area (Å²) in [5.41, 5.74) is 2.37. The highest BCUT2D eigenvalue weighted by Crippen LogP contribution is 2.18. The number of carbonyl (C=O) groups is 1. The Morgan fingerprint density at radius 2 is 2.35 bits per heavy atom. The normalized spacial score (nSPS) is 11.9. The maximum atomic E-state index is 13.5. The molecule has 4 N–H and O–H groups in total. The molecule has 106 valence electrons. The van der Waals surface area contributed by atoms with Gasteiger partial charge in [-0.3, -0.25) is 10.6 Å². The van der Waals surface area contributed by atoms with Gasteiger partial charge in [0.25, 0.3) is 5.91 Å². The molecule has 0 aliphatic rings. The number of halogens is 1. The van der Waals surface area contributed by atoms with Crippen molar-refractivity contribution in [1.29, 1.82) is 0 Å². The first-order chi connectivity index (χ1) is 9.61. The molecule has 1 aromatic carbocycles. The zero-order valence-corrected chi connectivity index (χ0v) is 11.0. The molecule has 1 heterocycles. The van der Waals surface area contributed by atoms with Crippen molar-refractivity contribution in [3.8, 4) is 0 Å². The topological polar surface area (TPSA) is 85.0 Å². The van der Waals surface area contributed by atoms with Crippen LogP contribution in [0.3, 0.4) is 0 Å². The zero-order chi connectivity index (χ0) is 14.5. The highest BCUT2D eigenvalue weighted by atomic mass is 19.1. The molecule has 7 heteroatoms. The molecule has 1 unspecified atom stereocenters. The summed E-state index contributed by atoms with van der Waals surface area (Å²) in [5.74, 6) is 4.30. The number of aromatic nitrogens is 2. The van der Waals surface area contributed by atoms with Crippen molar-refractivity contribution in [3.63, 3.8) is 0 Å². The zero-order valence-electron chi connectivity index (χ0n) is 11.0. The van der Waals surface area contributed by atoms with Gasteiger partial charge in [-0.25, -0.2) is 9.37 Å². The summed E-state index contributed by atoms with van der Waals surface area (Å²) in [6, 6.07) is 4.08. The first kappa shape index (κ1) is 14.0. The van der Waals surface area contributed by atoms with Crippen LogP contribution in [0.1, 0.15) is 17.3 Å². The fourth-order valence-electron chi connectivity index (χ4n) is 1.92. The van der Waals surface area contributed by atoms with E-state index in [2.05, 4.69) is 15.7 Å². The number of nitrogens with one attached hydrogen (secondary N) is 2. The first-order valence-electron chi connectivity index (χ1n) is 6.13. The molecule has 0 saturated carbocycles. The summed E-state index contributed by atoms with van der Waals surface area (Å²) >= 11 is 0. The van der Waals surface area contributed by atoms with Crippen LogP contribution in [0.5, 0.6) is 0 Å². The number of imidazole rings is 1. The Morgan fingerprint density at radius 3 is 3.00 bits per heavy atom. The van der Waals surface area contributed by atoms with E-state index >= 15 is 0 Å². The monoisotopic (exact) mass is 277 g/mol. The molecular formula is C13H16FN5O. The summed E-state index contributed by atoms with van der Waals surface area (Å²) in [6.07, 6.45) is 5.13. The van der Waals surface area contributed by atoms with Gasteiger partial charge in [-0.15, -0.1) is 0 Å². The van der Waals surface area contributed by atoms with E-state index in [-0.39, 0.29) is 23.2 Å². The number of hydrogen-bond donors (Lipinski definition) is 3. The number of benzene rings is 1. The van der Waals surface area contributed by atoms with E-state index in [0.717, 1.165) is 0 Å². The van der Waals surface area contributed by atoms with Crippen LogP contribution in [0.4, 0.5) is 10.1 Å². The fraction of sp³-hybridized carbons (Fsp3) is 0.231. The van der Waals surface area contributed by atoms with Gasteiger partial charge in [0, 0.05) is 25.0 Å². The van der Waals surface area contributed by atoms with Gasteiger partial charge >= 0.3 is 0 Å². The van der Waals surface area contributed by atoms with Crippen LogP contribution in [0.15, 0.2) is 36.9 Å². The van der Waals surface area contributed by atoms with Crippen molar-refractivity contribution in [3.05, 3.63) is 48.3 Å². The quantitative estimate of drug-likeness (QED) is 0.565. The minimum atomic E-state index is -0.567. The third kappa shape index (κ3) is 3.12. The second kappa shape index (κ2) is 6.16. The standard InChI is InChI=1S/C13H16FN5O/c1-9(7-19-6-5-16-8-19)17-13(20)10-3-2-4-11(14)12(10)18-15/h2-6,8-9,18H,7,15H2,1H3,(H,17,20). The number of anilines is 1. The Labute approximate surface area is 115 Å². The van der Waals surface area contributed by atoms with Crippen molar-refractivity contribution in [2.45, 2.75) is 19.5 Å². The molecule has 6 nitrogen and oxygen atoms in total. The van der Waals surface area contributed by atoms with E-state index in [9.17, 15) is 9.18 Å². The van der Waals surface area contributed by atoms with Gasteiger partial charge in [0.1, 0.15) is 5.82 Å². The molecule has 0 aliphatic heterocycles. The fourth-order valence-corrected chi connectivity index (χ4v) is 1.92. The third-order valence-corrected chi connectivity index (χ3v) is 2.82. The molecular weight excluding hydrogens is 261 g/mol. The van der Waals surface area contributed by atoms with Gasteiger partial charge in [-0.1, -0.05) is 6.07 Å². The molecule has 1 atom stereocenters. The van der Waals surface area contributed by atoms with Gasteiger partial charge in [-0.05, 0) is 19.1 Å². The van der Waals surface area contributed by atoms with E-state index < -0.39 is 5.82 Å². The van der Waals surface area contributed by atoms with Crippen LogP contribution in [-0.2, 0) is 6.54 Å². The largest absolute Gasteiger partial charge is 0.348 e. The van der Waals surface area contributed by atoms with Crippen molar-refractivity contribution in [2.75, 3.05) is 5.43 Å². The number of nitrogens with zero attached hydrogens (tertiary/aromatic N) is 2. The Kier molecular flexibility index (Phi) is 4.31. The molecule has 0 bridgehead atoms. The lowest BCUT2D eigenvalue weighted by Crippen LogP contribution is -2.36. The maximum Gasteiger partial charge on any atom is 0.253 e. The molecule has 0 radical (unpaired) electrons. The summed E-state index contributed by atoms with van der Waals surface area (Å²) in [7, 11) is 0. The average molecular weight is 277 g/mol. The van der Waals surface area contributed by atoms with Crippen molar-refractivity contribution in [1.82, 2.24) is 14.9 Å². The van der Waals surface area contributed by atoms with E-state index in [4.69, 9.17) is 5.84 Å². The molecule has 2 aromatic rings. The number of nitrogens with two attached hydrogens (primary N) is 1. The maximum absolute atomic E-state index is 13.5. The Morgan fingerprint density at radius 1 is 1.55 bits per heavy atom. The molecule has 1 amide bonds.